The monoisotopic (exact) mass is 202 g/mol. The quantitative estimate of drug-likeness (QED) is 0.701. The summed E-state index contributed by atoms with van der Waals surface area (Å²) >= 11 is 0. The summed E-state index contributed by atoms with van der Waals surface area (Å²) < 4.78 is 5.34. The molecular formula is C11H10N2O2. The topological polar surface area (TPSA) is 56.0 Å². The van der Waals surface area contributed by atoms with E-state index >= 15 is 0 Å². The van der Waals surface area contributed by atoms with Crippen LogP contribution in [0.2, 0.25) is 0 Å². The van der Waals surface area contributed by atoms with Gasteiger partial charge in [0.25, 0.3) is 0 Å². The van der Waals surface area contributed by atoms with E-state index in [4.69, 9.17) is 4.42 Å². The number of Topliss-reactive ketones (excluding diaryl/α,β-unsaturated/α-hetero) is 1. The fourth-order valence-corrected chi connectivity index (χ4v) is 1.20. The van der Waals surface area contributed by atoms with Crippen molar-refractivity contribution in [3.63, 3.8) is 0 Å². The van der Waals surface area contributed by atoms with E-state index in [1.54, 1.807) is 24.5 Å². The predicted molar refractivity (Wildman–Crippen MR) is 54.5 cm³/mol. The summed E-state index contributed by atoms with van der Waals surface area (Å²) in [5.74, 6) is 1.58. The molecule has 0 aliphatic carbocycles. The second-order valence-electron chi connectivity index (χ2n) is 3.24. The standard InChI is InChI=1S/C11H10N2O2/c1-7(14)10-3-4-11(15-10)9-5-12-8(2)13-6-9/h3-6H,1-2H3. The van der Waals surface area contributed by atoms with Gasteiger partial charge in [0.1, 0.15) is 11.6 Å². The van der Waals surface area contributed by atoms with Crippen molar-refractivity contribution >= 4 is 5.78 Å². The Morgan fingerprint density at radius 2 is 1.93 bits per heavy atom. The van der Waals surface area contributed by atoms with Crippen LogP contribution in [0.4, 0.5) is 0 Å². The van der Waals surface area contributed by atoms with Crippen LogP contribution in [-0.4, -0.2) is 15.8 Å². The van der Waals surface area contributed by atoms with Gasteiger partial charge in [-0.2, -0.15) is 0 Å². The molecule has 0 bridgehead atoms. The third-order valence-electron chi connectivity index (χ3n) is 2.02. The fraction of sp³-hybridized carbons (Fsp3) is 0.182. The molecule has 15 heavy (non-hydrogen) atoms. The molecule has 76 valence electrons. The molecule has 0 aliphatic heterocycles. The summed E-state index contributed by atoms with van der Waals surface area (Å²) in [7, 11) is 0. The normalized spacial score (nSPS) is 10.3. The molecule has 0 fully saturated rings. The molecule has 0 saturated carbocycles. The number of carbonyl (C=O) groups excluding carboxylic acids is 1. The number of hydrogen-bond donors (Lipinski definition) is 0. The lowest BCUT2D eigenvalue weighted by atomic mass is 10.2. The minimum absolute atomic E-state index is 0.0886. The highest BCUT2D eigenvalue weighted by Gasteiger charge is 2.08. The van der Waals surface area contributed by atoms with Gasteiger partial charge < -0.3 is 4.42 Å². The van der Waals surface area contributed by atoms with Crippen molar-refractivity contribution in [3.8, 4) is 11.3 Å². The van der Waals surface area contributed by atoms with Gasteiger partial charge in [0.2, 0.25) is 0 Å². The van der Waals surface area contributed by atoms with E-state index in [2.05, 4.69) is 9.97 Å². The van der Waals surface area contributed by atoms with Crippen molar-refractivity contribution in [2.24, 2.45) is 0 Å². The lowest BCUT2D eigenvalue weighted by Crippen LogP contribution is -1.87. The predicted octanol–water partition coefficient (Wildman–Crippen LogP) is 2.25. The molecule has 0 N–H and O–H groups in total. The number of nitrogens with zero attached hydrogens (tertiary/aromatic N) is 2. The number of aromatic nitrogens is 2. The highest BCUT2D eigenvalue weighted by atomic mass is 16.3. The Balaban J connectivity index is 2.37. The summed E-state index contributed by atoms with van der Waals surface area (Å²) in [5.41, 5.74) is 0.771. The number of ketones is 1. The van der Waals surface area contributed by atoms with Crippen LogP contribution in [0, 0.1) is 6.92 Å². The van der Waals surface area contributed by atoms with E-state index in [1.165, 1.54) is 6.92 Å². The first-order chi connectivity index (χ1) is 7.16. The van der Waals surface area contributed by atoms with Crippen molar-refractivity contribution in [1.82, 2.24) is 9.97 Å². The van der Waals surface area contributed by atoms with Crippen LogP contribution in [0.5, 0.6) is 0 Å². The van der Waals surface area contributed by atoms with E-state index < -0.39 is 0 Å². The Labute approximate surface area is 87.0 Å². The molecule has 2 aromatic heterocycles. The molecule has 0 atom stereocenters. The fourth-order valence-electron chi connectivity index (χ4n) is 1.20. The van der Waals surface area contributed by atoms with Crippen molar-refractivity contribution in [3.05, 3.63) is 36.1 Å². The van der Waals surface area contributed by atoms with E-state index in [1.807, 2.05) is 6.92 Å². The van der Waals surface area contributed by atoms with Gasteiger partial charge in [0, 0.05) is 19.3 Å². The smallest absolute Gasteiger partial charge is 0.194 e. The Morgan fingerprint density at radius 1 is 1.27 bits per heavy atom. The van der Waals surface area contributed by atoms with Crippen molar-refractivity contribution in [2.45, 2.75) is 13.8 Å². The Bertz CT molecular complexity index is 486. The molecule has 0 saturated heterocycles. The van der Waals surface area contributed by atoms with Gasteiger partial charge in [-0.1, -0.05) is 0 Å². The van der Waals surface area contributed by atoms with Crippen LogP contribution in [-0.2, 0) is 0 Å². The summed E-state index contributed by atoms with van der Waals surface area (Å²) in [5, 5.41) is 0. The number of aryl methyl sites for hydroxylation is 1. The van der Waals surface area contributed by atoms with E-state index in [-0.39, 0.29) is 5.78 Å². The highest BCUT2D eigenvalue weighted by molar-refractivity contribution is 5.91. The number of furan rings is 1. The Kier molecular flexibility index (Phi) is 2.33. The van der Waals surface area contributed by atoms with Crippen molar-refractivity contribution in [1.29, 1.82) is 0 Å². The Hall–Kier alpha value is -1.97. The van der Waals surface area contributed by atoms with Gasteiger partial charge in [0.05, 0.1) is 5.56 Å². The first-order valence-electron chi connectivity index (χ1n) is 4.56. The minimum Gasteiger partial charge on any atom is -0.453 e. The third kappa shape index (κ3) is 1.93. The molecule has 0 amide bonds. The minimum atomic E-state index is -0.0886. The highest BCUT2D eigenvalue weighted by Crippen LogP contribution is 2.20. The second-order valence-corrected chi connectivity index (χ2v) is 3.24. The van der Waals surface area contributed by atoms with E-state index in [0.717, 1.165) is 5.56 Å². The first-order valence-corrected chi connectivity index (χ1v) is 4.56. The zero-order valence-electron chi connectivity index (χ0n) is 8.52. The molecule has 2 heterocycles. The van der Waals surface area contributed by atoms with Gasteiger partial charge in [-0.3, -0.25) is 4.79 Å². The van der Waals surface area contributed by atoms with Crippen LogP contribution in [0.25, 0.3) is 11.3 Å². The zero-order chi connectivity index (χ0) is 10.8. The lowest BCUT2D eigenvalue weighted by molar-refractivity contribution is 0.0988. The molecular weight excluding hydrogens is 192 g/mol. The van der Waals surface area contributed by atoms with Gasteiger partial charge in [-0.05, 0) is 19.1 Å². The molecule has 0 radical (unpaired) electrons. The van der Waals surface area contributed by atoms with Crippen molar-refractivity contribution < 1.29 is 9.21 Å². The number of hydrogen-bond acceptors (Lipinski definition) is 4. The molecule has 0 unspecified atom stereocenters. The maximum absolute atomic E-state index is 11.0. The average Bonchev–Trinajstić information content (AvgIpc) is 2.68. The van der Waals surface area contributed by atoms with Crippen molar-refractivity contribution in [2.75, 3.05) is 0 Å². The number of carbonyl (C=O) groups is 1. The average molecular weight is 202 g/mol. The summed E-state index contributed by atoms with van der Waals surface area (Å²) in [6.07, 6.45) is 3.34. The van der Waals surface area contributed by atoms with Crippen LogP contribution in [0.3, 0.4) is 0 Å². The molecule has 4 heteroatoms. The maximum atomic E-state index is 11.0. The maximum Gasteiger partial charge on any atom is 0.194 e. The number of rotatable bonds is 2. The summed E-state index contributed by atoms with van der Waals surface area (Å²) in [6, 6.07) is 3.39. The molecule has 0 aliphatic rings. The van der Waals surface area contributed by atoms with Gasteiger partial charge in [-0.25, -0.2) is 9.97 Å². The molecule has 2 rings (SSSR count). The molecule has 0 spiro atoms. The van der Waals surface area contributed by atoms with E-state index in [9.17, 15) is 4.79 Å². The molecule has 4 nitrogen and oxygen atoms in total. The molecule has 0 aromatic carbocycles. The SMILES string of the molecule is CC(=O)c1ccc(-c2cnc(C)nc2)o1. The third-order valence-corrected chi connectivity index (χ3v) is 2.02. The van der Waals surface area contributed by atoms with Crippen LogP contribution in [0.15, 0.2) is 28.9 Å². The largest absolute Gasteiger partial charge is 0.453 e. The van der Waals surface area contributed by atoms with Crippen LogP contribution >= 0.6 is 0 Å². The molecule has 2 aromatic rings. The van der Waals surface area contributed by atoms with Crippen LogP contribution < -0.4 is 0 Å². The summed E-state index contributed by atoms with van der Waals surface area (Å²) in [4.78, 5) is 19.1. The van der Waals surface area contributed by atoms with E-state index in [0.29, 0.717) is 17.3 Å². The second kappa shape index (κ2) is 3.65. The Morgan fingerprint density at radius 3 is 2.47 bits per heavy atom. The van der Waals surface area contributed by atoms with Gasteiger partial charge in [0.15, 0.2) is 11.5 Å². The lowest BCUT2D eigenvalue weighted by Gasteiger charge is -1.95. The first kappa shape index (κ1) is 9.58. The van der Waals surface area contributed by atoms with Gasteiger partial charge >= 0.3 is 0 Å². The van der Waals surface area contributed by atoms with Gasteiger partial charge in [-0.15, -0.1) is 0 Å². The van der Waals surface area contributed by atoms with Crippen LogP contribution in [0.1, 0.15) is 23.3 Å². The summed E-state index contributed by atoms with van der Waals surface area (Å²) in [6.45, 7) is 3.28. The zero-order valence-corrected chi connectivity index (χ0v) is 8.52.